The third kappa shape index (κ3) is 2.80. The Morgan fingerprint density at radius 3 is 2.71 bits per heavy atom. The zero-order chi connectivity index (χ0) is 20.2. The van der Waals surface area contributed by atoms with Gasteiger partial charge in [-0.05, 0) is 50.1 Å². The molecule has 2 aromatic rings. The number of aromatic nitrogens is 1. The maximum atomic E-state index is 13.0. The topological polar surface area (TPSA) is 45.6 Å². The molecule has 0 saturated heterocycles. The van der Waals surface area contributed by atoms with Crippen LogP contribution < -0.4 is 0 Å². The third-order valence-electron chi connectivity index (χ3n) is 6.40. The summed E-state index contributed by atoms with van der Waals surface area (Å²) in [5.74, 6) is 0.150. The molecule has 1 aromatic carbocycles. The Balaban J connectivity index is 1.84. The van der Waals surface area contributed by atoms with Gasteiger partial charge in [0.05, 0.1) is 11.4 Å². The Morgan fingerprint density at radius 2 is 2.04 bits per heavy atom. The van der Waals surface area contributed by atoms with Crippen LogP contribution in [0.3, 0.4) is 0 Å². The van der Waals surface area contributed by atoms with E-state index in [2.05, 4.69) is 24.1 Å². The van der Waals surface area contributed by atoms with Crippen LogP contribution in [-0.2, 0) is 11.2 Å². The monoisotopic (exact) mass is 379 g/mol. The summed E-state index contributed by atoms with van der Waals surface area (Å²) in [7, 11) is 3.99. The average molecular weight is 380 g/mol. The molecule has 0 spiro atoms. The summed E-state index contributed by atoms with van der Waals surface area (Å²) in [6, 6.07) is 6.62. The second kappa shape index (κ2) is 6.89. The SMILES string of the molecule is CCC(=O)n1cc2c3c(cccc31)C1=CC(C(=O)N(C)C(C)C)CN(C)C1C2. The first-order chi connectivity index (χ1) is 13.3. The molecule has 5 nitrogen and oxygen atoms in total. The van der Waals surface area contributed by atoms with Gasteiger partial charge in [-0.3, -0.25) is 19.1 Å². The Morgan fingerprint density at radius 1 is 1.29 bits per heavy atom. The number of amides is 1. The number of nitrogens with zero attached hydrogens (tertiary/aromatic N) is 3. The van der Waals surface area contributed by atoms with Crippen LogP contribution in [0.15, 0.2) is 30.5 Å². The largest absolute Gasteiger partial charge is 0.343 e. The second-order valence-electron chi connectivity index (χ2n) is 8.40. The van der Waals surface area contributed by atoms with Gasteiger partial charge in [-0.1, -0.05) is 25.1 Å². The number of hydrogen-bond acceptors (Lipinski definition) is 3. The molecule has 28 heavy (non-hydrogen) atoms. The molecule has 0 N–H and O–H groups in total. The molecular weight excluding hydrogens is 350 g/mol. The molecule has 1 aliphatic heterocycles. The first kappa shape index (κ1) is 18.9. The predicted molar refractivity (Wildman–Crippen MR) is 112 cm³/mol. The number of hydrogen-bond donors (Lipinski definition) is 0. The summed E-state index contributed by atoms with van der Waals surface area (Å²) >= 11 is 0. The second-order valence-corrected chi connectivity index (χ2v) is 8.40. The van der Waals surface area contributed by atoms with Gasteiger partial charge in [0.1, 0.15) is 0 Å². The lowest BCUT2D eigenvalue weighted by Crippen LogP contribution is -2.48. The summed E-state index contributed by atoms with van der Waals surface area (Å²) < 4.78 is 1.81. The van der Waals surface area contributed by atoms with E-state index in [0.29, 0.717) is 6.42 Å². The third-order valence-corrected chi connectivity index (χ3v) is 6.40. The number of rotatable bonds is 3. The van der Waals surface area contributed by atoms with E-state index in [1.165, 1.54) is 22.1 Å². The molecule has 1 amide bonds. The van der Waals surface area contributed by atoms with E-state index < -0.39 is 0 Å². The average Bonchev–Trinajstić information content (AvgIpc) is 3.06. The minimum absolute atomic E-state index is 0.118. The number of likely N-dealkylation sites (N-methyl/N-ethyl adjacent to an activating group) is 1. The maximum absolute atomic E-state index is 13.0. The van der Waals surface area contributed by atoms with Crippen LogP contribution in [0.5, 0.6) is 0 Å². The molecular formula is C23H29N3O2. The highest BCUT2D eigenvalue weighted by Crippen LogP contribution is 2.41. The summed E-state index contributed by atoms with van der Waals surface area (Å²) in [4.78, 5) is 29.6. The van der Waals surface area contributed by atoms with Gasteiger partial charge in [0.2, 0.25) is 11.8 Å². The normalized spacial score (nSPS) is 21.6. The van der Waals surface area contributed by atoms with Gasteiger partial charge >= 0.3 is 0 Å². The lowest BCUT2D eigenvalue weighted by atomic mass is 9.79. The van der Waals surface area contributed by atoms with Gasteiger partial charge in [0.15, 0.2) is 0 Å². The molecule has 2 atom stereocenters. The van der Waals surface area contributed by atoms with Crippen molar-refractivity contribution in [2.75, 3.05) is 20.6 Å². The lowest BCUT2D eigenvalue weighted by molar-refractivity contribution is -0.134. The van der Waals surface area contributed by atoms with Crippen LogP contribution in [-0.4, -0.2) is 58.9 Å². The van der Waals surface area contributed by atoms with E-state index in [1.54, 1.807) is 4.57 Å². The summed E-state index contributed by atoms with van der Waals surface area (Å²) in [5.41, 5.74) is 4.60. The minimum Gasteiger partial charge on any atom is -0.343 e. The van der Waals surface area contributed by atoms with Crippen molar-refractivity contribution >= 4 is 28.3 Å². The molecule has 0 bridgehead atoms. The van der Waals surface area contributed by atoms with Gasteiger partial charge in [-0.2, -0.15) is 0 Å². The lowest BCUT2D eigenvalue weighted by Gasteiger charge is -2.40. The van der Waals surface area contributed by atoms with Crippen molar-refractivity contribution in [1.82, 2.24) is 14.4 Å². The van der Waals surface area contributed by atoms with E-state index in [9.17, 15) is 9.59 Å². The van der Waals surface area contributed by atoms with Gasteiger partial charge in [0, 0.05) is 43.7 Å². The van der Waals surface area contributed by atoms with E-state index in [0.717, 1.165) is 18.5 Å². The fraction of sp³-hybridized carbons (Fsp3) is 0.478. The van der Waals surface area contributed by atoms with Crippen molar-refractivity contribution in [1.29, 1.82) is 0 Å². The number of carbonyl (C=O) groups is 2. The van der Waals surface area contributed by atoms with E-state index in [-0.39, 0.29) is 29.8 Å². The van der Waals surface area contributed by atoms with Crippen molar-refractivity contribution in [2.45, 2.75) is 45.7 Å². The van der Waals surface area contributed by atoms with Crippen molar-refractivity contribution in [3.63, 3.8) is 0 Å². The zero-order valence-electron chi connectivity index (χ0n) is 17.4. The fourth-order valence-electron chi connectivity index (χ4n) is 4.60. The van der Waals surface area contributed by atoms with E-state index in [4.69, 9.17) is 0 Å². The van der Waals surface area contributed by atoms with E-state index in [1.807, 2.05) is 51.0 Å². The fourth-order valence-corrected chi connectivity index (χ4v) is 4.60. The smallest absolute Gasteiger partial charge is 0.230 e. The summed E-state index contributed by atoms with van der Waals surface area (Å²) in [6.07, 6.45) is 5.56. The molecule has 0 saturated carbocycles. The van der Waals surface area contributed by atoms with Gasteiger partial charge in [0.25, 0.3) is 0 Å². The van der Waals surface area contributed by atoms with Crippen molar-refractivity contribution in [3.05, 3.63) is 41.6 Å². The Labute approximate surface area is 166 Å². The summed E-state index contributed by atoms with van der Waals surface area (Å²) in [6.45, 7) is 6.71. The minimum atomic E-state index is -0.139. The van der Waals surface area contributed by atoms with Crippen LogP contribution in [0.25, 0.3) is 16.5 Å². The highest BCUT2D eigenvalue weighted by atomic mass is 16.2. The van der Waals surface area contributed by atoms with Gasteiger partial charge < -0.3 is 4.90 Å². The molecule has 2 heterocycles. The molecule has 1 aliphatic carbocycles. The molecule has 4 rings (SSSR count). The Hall–Kier alpha value is -2.40. The molecule has 2 aliphatic rings. The molecule has 2 unspecified atom stereocenters. The highest BCUT2D eigenvalue weighted by Gasteiger charge is 2.37. The molecule has 1 aromatic heterocycles. The van der Waals surface area contributed by atoms with Crippen LogP contribution in [0, 0.1) is 5.92 Å². The number of fused-ring (bicyclic) bond motifs is 2. The van der Waals surface area contributed by atoms with Crippen LogP contribution >= 0.6 is 0 Å². The Kier molecular flexibility index (Phi) is 4.66. The van der Waals surface area contributed by atoms with Crippen LogP contribution in [0.1, 0.15) is 43.1 Å². The Bertz CT molecular complexity index is 985. The van der Waals surface area contributed by atoms with Crippen molar-refractivity contribution < 1.29 is 9.59 Å². The van der Waals surface area contributed by atoms with Crippen LogP contribution in [0.4, 0.5) is 0 Å². The predicted octanol–water partition coefficient (Wildman–Crippen LogP) is 3.43. The quantitative estimate of drug-likeness (QED) is 0.821. The summed E-state index contributed by atoms with van der Waals surface area (Å²) in [5, 5.41) is 1.17. The highest BCUT2D eigenvalue weighted by molar-refractivity contribution is 6.03. The number of benzene rings is 1. The molecule has 148 valence electrons. The first-order valence-electron chi connectivity index (χ1n) is 10.2. The standard InChI is InChI=1S/C23H29N3O2/c1-6-21(27)26-13-15-11-20-18(17-8-7-9-19(26)22(15)17)10-16(12-24(20)4)23(28)25(5)14(2)3/h7-10,13-14,16,20H,6,11-12H2,1-5H3. The van der Waals surface area contributed by atoms with Gasteiger partial charge in [-0.15, -0.1) is 0 Å². The number of carbonyl (C=O) groups excluding carboxylic acids is 2. The molecule has 0 fully saturated rings. The first-order valence-corrected chi connectivity index (χ1v) is 10.2. The molecule has 0 radical (unpaired) electrons. The van der Waals surface area contributed by atoms with Crippen molar-refractivity contribution in [2.24, 2.45) is 5.92 Å². The zero-order valence-corrected chi connectivity index (χ0v) is 17.4. The maximum Gasteiger partial charge on any atom is 0.230 e. The molecule has 5 heteroatoms. The van der Waals surface area contributed by atoms with E-state index >= 15 is 0 Å². The van der Waals surface area contributed by atoms with Crippen LogP contribution in [0.2, 0.25) is 0 Å². The van der Waals surface area contributed by atoms with Crippen molar-refractivity contribution in [3.8, 4) is 0 Å². The van der Waals surface area contributed by atoms with Gasteiger partial charge in [-0.25, -0.2) is 0 Å².